The normalized spacial score (nSPS) is 18.5. The molecule has 2 atom stereocenters. The van der Waals surface area contributed by atoms with Crippen molar-refractivity contribution in [2.75, 3.05) is 7.05 Å². The smallest absolute Gasteiger partial charge is 0.127 e. The van der Waals surface area contributed by atoms with E-state index >= 15 is 0 Å². The highest BCUT2D eigenvalue weighted by atomic mass is 79.9. The molecule has 1 N–H and O–H groups in total. The summed E-state index contributed by atoms with van der Waals surface area (Å²) < 4.78 is 14.9. The van der Waals surface area contributed by atoms with Gasteiger partial charge in [-0.2, -0.15) is 0 Å². The van der Waals surface area contributed by atoms with E-state index in [1.807, 2.05) is 19.2 Å². The van der Waals surface area contributed by atoms with E-state index in [0.29, 0.717) is 12.3 Å². The predicted octanol–water partition coefficient (Wildman–Crippen LogP) is 4.45. The second kappa shape index (κ2) is 6.29. The third-order valence-electron chi connectivity index (χ3n) is 4.49. The minimum absolute atomic E-state index is 0.129. The van der Waals surface area contributed by atoms with E-state index in [1.165, 1.54) is 11.1 Å². The second-order valence-electron chi connectivity index (χ2n) is 5.68. The fourth-order valence-corrected chi connectivity index (χ4v) is 3.71. The number of benzene rings is 2. The second-order valence-corrected chi connectivity index (χ2v) is 6.59. The maximum Gasteiger partial charge on any atom is 0.127 e. The minimum Gasteiger partial charge on any atom is -0.316 e. The molecule has 1 aliphatic carbocycles. The van der Waals surface area contributed by atoms with Crippen LogP contribution in [0.15, 0.2) is 46.9 Å². The highest BCUT2D eigenvalue weighted by Crippen LogP contribution is 2.36. The third-order valence-corrected chi connectivity index (χ3v) is 4.98. The Kier molecular flexibility index (Phi) is 4.41. The lowest BCUT2D eigenvalue weighted by Gasteiger charge is -2.24. The van der Waals surface area contributed by atoms with Crippen LogP contribution in [0.4, 0.5) is 4.39 Å². The molecule has 110 valence electrons. The molecular formula is C18H19BrFN. The van der Waals surface area contributed by atoms with Crippen LogP contribution in [0.5, 0.6) is 0 Å². The number of fused-ring (bicyclic) bond motifs is 1. The zero-order valence-corrected chi connectivity index (χ0v) is 13.7. The van der Waals surface area contributed by atoms with Gasteiger partial charge >= 0.3 is 0 Å². The maximum atomic E-state index is 14.1. The van der Waals surface area contributed by atoms with Gasteiger partial charge in [-0.15, -0.1) is 0 Å². The standard InChI is InChI=1S/C18H19BrFN/c1-21-18(10-13-6-8-14(19)11-17(13)20)16-9-7-12-4-2-3-5-15(12)16/h2-6,8,11,16,18,21H,7,9-10H2,1H3. The van der Waals surface area contributed by atoms with Gasteiger partial charge in [0, 0.05) is 16.4 Å². The first-order valence-corrected chi connectivity index (χ1v) is 8.17. The van der Waals surface area contributed by atoms with Gasteiger partial charge in [0.25, 0.3) is 0 Å². The van der Waals surface area contributed by atoms with Crippen molar-refractivity contribution in [3.05, 3.63) is 69.4 Å². The van der Waals surface area contributed by atoms with E-state index in [0.717, 1.165) is 22.9 Å². The van der Waals surface area contributed by atoms with Crippen LogP contribution >= 0.6 is 15.9 Å². The van der Waals surface area contributed by atoms with Crippen molar-refractivity contribution >= 4 is 15.9 Å². The lowest BCUT2D eigenvalue weighted by molar-refractivity contribution is 0.448. The van der Waals surface area contributed by atoms with Crippen molar-refractivity contribution in [1.29, 1.82) is 0 Å². The van der Waals surface area contributed by atoms with Crippen LogP contribution < -0.4 is 5.32 Å². The zero-order chi connectivity index (χ0) is 14.8. The molecule has 0 fully saturated rings. The van der Waals surface area contributed by atoms with E-state index in [-0.39, 0.29) is 11.9 Å². The van der Waals surface area contributed by atoms with Gasteiger partial charge < -0.3 is 5.32 Å². The SMILES string of the molecule is CNC(Cc1ccc(Br)cc1F)C1CCc2ccccc21. The average Bonchev–Trinajstić information content (AvgIpc) is 2.91. The summed E-state index contributed by atoms with van der Waals surface area (Å²) in [6.07, 6.45) is 2.99. The maximum absolute atomic E-state index is 14.1. The lowest BCUT2D eigenvalue weighted by Crippen LogP contribution is -2.33. The van der Waals surface area contributed by atoms with Crippen LogP contribution in [0, 0.1) is 5.82 Å². The molecule has 0 bridgehead atoms. The Morgan fingerprint density at radius 3 is 2.86 bits per heavy atom. The molecule has 1 nitrogen and oxygen atoms in total. The first kappa shape index (κ1) is 14.7. The van der Waals surface area contributed by atoms with E-state index in [1.54, 1.807) is 6.07 Å². The Hall–Kier alpha value is -1.19. The fourth-order valence-electron chi connectivity index (χ4n) is 3.38. The summed E-state index contributed by atoms with van der Waals surface area (Å²) in [6, 6.07) is 14.2. The van der Waals surface area contributed by atoms with Crippen LogP contribution in [-0.4, -0.2) is 13.1 Å². The van der Waals surface area contributed by atoms with Gasteiger partial charge in [0.1, 0.15) is 5.82 Å². The molecule has 2 unspecified atom stereocenters. The van der Waals surface area contributed by atoms with Gasteiger partial charge in [0.05, 0.1) is 0 Å². The summed E-state index contributed by atoms with van der Waals surface area (Å²) in [5.41, 5.74) is 3.65. The van der Waals surface area contributed by atoms with Gasteiger partial charge in [-0.1, -0.05) is 46.3 Å². The van der Waals surface area contributed by atoms with Crippen molar-refractivity contribution in [3.8, 4) is 0 Å². The van der Waals surface area contributed by atoms with Crippen molar-refractivity contribution < 1.29 is 4.39 Å². The number of aryl methyl sites for hydroxylation is 1. The van der Waals surface area contributed by atoms with Crippen molar-refractivity contribution in [3.63, 3.8) is 0 Å². The van der Waals surface area contributed by atoms with Crippen LogP contribution in [0.2, 0.25) is 0 Å². The molecule has 0 amide bonds. The molecule has 2 aromatic carbocycles. The number of halogens is 2. The highest BCUT2D eigenvalue weighted by molar-refractivity contribution is 9.10. The third kappa shape index (κ3) is 3.04. The number of hydrogen-bond donors (Lipinski definition) is 1. The molecule has 3 rings (SSSR count). The quantitative estimate of drug-likeness (QED) is 0.861. The number of rotatable bonds is 4. The van der Waals surface area contributed by atoms with Crippen LogP contribution in [0.1, 0.15) is 29.0 Å². The molecular weight excluding hydrogens is 329 g/mol. The first-order chi connectivity index (χ1) is 10.2. The molecule has 21 heavy (non-hydrogen) atoms. The van der Waals surface area contributed by atoms with Gasteiger partial charge in [0.15, 0.2) is 0 Å². The molecule has 0 heterocycles. The summed E-state index contributed by atoms with van der Waals surface area (Å²) in [7, 11) is 1.97. The van der Waals surface area contributed by atoms with Crippen molar-refractivity contribution in [2.24, 2.45) is 0 Å². The van der Waals surface area contributed by atoms with E-state index in [4.69, 9.17) is 0 Å². The van der Waals surface area contributed by atoms with Crippen molar-refractivity contribution in [1.82, 2.24) is 5.32 Å². The minimum atomic E-state index is -0.129. The topological polar surface area (TPSA) is 12.0 Å². The largest absolute Gasteiger partial charge is 0.316 e. The molecule has 3 heteroatoms. The average molecular weight is 348 g/mol. The van der Waals surface area contributed by atoms with Gasteiger partial charge in [-0.25, -0.2) is 4.39 Å². The number of likely N-dealkylation sites (N-methyl/N-ethyl adjacent to an activating group) is 1. The van der Waals surface area contributed by atoms with Crippen LogP contribution in [0.25, 0.3) is 0 Å². The summed E-state index contributed by atoms with van der Waals surface area (Å²) in [5.74, 6) is 0.338. The monoisotopic (exact) mass is 347 g/mol. The Bertz CT molecular complexity index is 641. The molecule has 0 aromatic heterocycles. The van der Waals surface area contributed by atoms with E-state index in [2.05, 4.69) is 45.5 Å². The Balaban J connectivity index is 1.83. The van der Waals surface area contributed by atoms with Gasteiger partial charge in [0.2, 0.25) is 0 Å². The number of nitrogens with one attached hydrogen (secondary N) is 1. The lowest BCUT2D eigenvalue weighted by atomic mass is 9.89. The van der Waals surface area contributed by atoms with Crippen LogP contribution in [0.3, 0.4) is 0 Å². The molecule has 0 radical (unpaired) electrons. The van der Waals surface area contributed by atoms with E-state index in [9.17, 15) is 4.39 Å². The Morgan fingerprint density at radius 1 is 1.29 bits per heavy atom. The zero-order valence-electron chi connectivity index (χ0n) is 12.1. The molecule has 0 saturated heterocycles. The summed E-state index contributed by atoms with van der Waals surface area (Å²) in [6.45, 7) is 0. The fraction of sp³-hybridized carbons (Fsp3) is 0.333. The van der Waals surface area contributed by atoms with Crippen molar-refractivity contribution in [2.45, 2.75) is 31.2 Å². The molecule has 0 aliphatic heterocycles. The Morgan fingerprint density at radius 2 is 2.10 bits per heavy atom. The highest BCUT2D eigenvalue weighted by Gasteiger charge is 2.29. The van der Waals surface area contributed by atoms with E-state index < -0.39 is 0 Å². The van der Waals surface area contributed by atoms with Crippen LogP contribution in [-0.2, 0) is 12.8 Å². The molecule has 1 aliphatic rings. The Labute approximate surface area is 133 Å². The predicted molar refractivity (Wildman–Crippen MR) is 88.2 cm³/mol. The first-order valence-electron chi connectivity index (χ1n) is 7.38. The number of hydrogen-bond acceptors (Lipinski definition) is 1. The summed E-state index contributed by atoms with van der Waals surface area (Å²) in [5, 5.41) is 3.40. The molecule has 0 spiro atoms. The molecule has 0 saturated carbocycles. The molecule has 2 aromatic rings. The van der Waals surface area contributed by atoms with Gasteiger partial charge in [-0.3, -0.25) is 0 Å². The summed E-state index contributed by atoms with van der Waals surface area (Å²) in [4.78, 5) is 0. The van der Waals surface area contributed by atoms with Gasteiger partial charge in [-0.05, 0) is 55.1 Å². The summed E-state index contributed by atoms with van der Waals surface area (Å²) >= 11 is 3.31.